The van der Waals surface area contributed by atoms with Gasteiger partial charge in [-0.1, -0.05) is 48.3 Å². The monoisotopic (exact) mass is 340 g/mol. The Morgan fingerprint density at radius 1 is 1.06 bits per heavy atom. The number of hydrogen-bond donors (Lipinski definition) is 0. The molecule has 0 aromatic rings. The Labute approximate surface area is 114 Å². The number of alkyl halides is 1. The molecule has 0 unspecified atom stereocenters. The highest BCUT2D eigenvalue weighted by Gasteiger charge is 2.30. The van der Waals surface area contributed by atoms with E-state index in [1.165, 1.54) is 38.5 Å². The molecule has 0 saturated heterocycles. The third kappa shape index (κ3) is 5.32. The van der Waals surface area contributed by atoms with Gasteiger partial charge in [0.15, 0.2) is 0 Å². The van der Waals surface area contributed by atoms with E-state index in [9.17, 15) is 0 Å². The van der Waals surface area contributed by atoms with Crippen molar-refractivity contribution in [2.45, 2.75) is 64.1 Å². The number of halogens is 1. The molecule has 1 saturated carbocycles. The summed E-state index contributed by atoms with van der Waals surface area (Å²) in [6, 6.07) is 0. The van der Waals surface area contributed by atoms with E-state index < -0.39 is 0 Å². The molecule has 1 fully saturated rings. The van der Waals surface area contributed by atoms with E-state index in [0.29, 0.717) is 6.10 Å². The lowest BCUT2D eigenvalue weighted by Gasteiger charge is -2.31. The van der Waals surface area contributed by atoms with Crippen LogP contribution in [0.5, 0.6) is 0 Å². The molecule has 96 valence electrons. The van der Waals surface area contributed by atoms with Crippen molar-refractivity contribution in [1.82, 2.24) is 0 Å². The minimum atomic E-state index is 0.150. The van der Waals surface area contributed by atoms with E-state index in [1.54, 1.807) is 0 Å². The van der Waals surface area contributed by atoms with Gasteiger partial charge < -0.3 is 9.47 Å². The molecule has 0 spiro atoms. The molecule has 0 radical (unpaired) electrons. The van der Waals surface area contributed by atoms with Crippen LogP contribution in [0.4, 0.5) is 0 Å². The standard InChI is InChI=1S/C13H25IO2/c1-12(2)15-9-10-16-13(11-14)7-5-3-4-6-8-13/h12H,3-11H2,1-2H3. The van der Waals surface area contributed by atoms with Gasteiger partial charge in [-0.05, 0) is 26.7 Å². The molecule has 3 heteroatoms. The van der Waals surface area contributed by atoms with Gasteiger partial charge in [-0.25, -0.2) is 0 Å². The molecule has 0 heterocycles. The Hall–Kier alpha value is 0.650. The van der Waals surface area contributed by atoms with Crippen molar-refractivity contribution in [3.8, 4) is 0 Å². The van der Waals surface area contributed by atoms with Crippen molar-refractivity contribution in [2.24, 2.45) is 0 Å². The van der Waals surface area contributed by atoms with Crippen LogP contribution in [0.15, 0.2) is 0 Å². The average Bonchev–Trinajstić information content (AvgIpc) is 2.50. The maximum absolute atomic E-state index is 6.12. The smallest absolute Gasteiger partial charge is 0.0772 e. The minimum absolute atomic E-state index is 0.150. The van der Waals surface area contributed by atoms with Crippen LogP contribution in [-0.4, -0.2) is 29.3 Å². The Morgan fingerprint density at radius 3 is 2.19 bits per heavy atom. The Bertz CT molecular complexity index is 175. The van der Waals surface area contributed by atoms with E-state index in [0.717, 1.165) is 17.6 Å². The summed E-state index contributed by atoms with van der Waals surface area (Å²) in [7, 11) is 0. The van der Waals surface area contributed by atoms with E-state index in [2.05, 4.69) is 36.4 Å². The summed E-state index contributed by atoms with van der Waals surface area (Å²) in [5.41, 5.74) is 0.150. The van der Waals surface area contributed by atoms with E-state index in [4.69, 9.17) is 9.47 Å². The van der Waals surface area contributed by atoms with Gasteiger partial charge in [0.2, 0.25) is 0 Å². The van der Waals surface area contributed by atoms with Crippen molar-refractivity contribution in [1.29, 1.82) is 0 Å². The molecule has 1 aliphatic carbocycles. The molecule has 0 aromatic carbocycles. The molecule has 0 aromatic heterocycles. The zero-order valence-corrected chi connectivity index (χ0v) is 12.8. The lowest BCUT2D eigenvalue weighted by Crippen LogP contribution is -2.35. The summed E-state index contributed by atoms with van der Waals surface area (Å²) in [5, 5.41) is 0. The first kappa shape index (κ1) is 14.7. The average molecular weight is 340 g/mol. The molecular formula is C13H25IO2. The van der Waals surface area contributed by atoms with Gasteiger partial charge >= 0.3 is 0 Å². The quantitative estimate of drug-likeness (QED) is 0.315. The van der Waals surface area contributed by atoms with Crippen LogP contribution in [0.3, 0.4) is 0 Å². The van der Waals surface area contributed by atoms with Gasteiger partial charge in [-0.15, -0.1) is 0 Å². The third-order valence-corrected chi connectivity index (χ3v) is 4.59. The Kier molecular flexibility index (Phi) is 7.24. The molecule has 0 N–H and O–H groups in total. The molecule has 1 rings (SSSR count). The number of hydrogen-bond acceptors (Lipinski definition) is 2. The van der Waals surface area contributed by atoms with Gasteiger partial charge in [-0.2, -0.15) is 0 Å². The number of rotatable bonds is 6. The molecule has 0 bridgehead atoms. The highest BCUT2D eigenvalue weighted by atomic mass is 127. The minimum Gasteiger partial charge on any atom is -0.376 e. The van der Waals surface area contributed by atoms with Crippen molar-refractivity contribution < 1.29 is 9.47 Å². The predicted octanol–water partition coefficient (Wildman–Crippen LogP) is 3.96. The summed E-state index contributed by atoms with van der Waals surface area (Å²) in [4.78, 5) is 0. The SMILES string of the molecule is CC(C)OCCOC1(CI)CCCCCC1. The molecule has 0 amide bonds. The Balaban J connectivity index is 2.28. The maximum atomic E-state index is 6.12. The second kappa shape index (κ2) is 7.88. The zero-order valence-electron chi connectivity index (χ0n) is 10.6. The zero-order chi connectivity index (χ0) is 11.9. The lowest BCUT2D eigenvalue weighted by molar-refractivity contribution is -0.0676. The van der Waals surface area contributed by atoms with Crippen LogP contribution in [0.1, 0.15) is 52.4 Å². The fraction of sp³-hybridized carbons (Fsp3) is 1.00. The van der Waals surface area contributed by atoms with Crippen LogP contribution in [0.2, 0.25) is 0 Å². The summed E-state index contributed by atoms with van der Waals surface area (Å²) >= 11 is 2.48. The molecule has 16 heavy (non-hydrogen) atoms. The first-order valence-electron chi connectivity index (χ1n) is 6.50. The van der Waals surface area contributed by atoms with Crippen LogP contribution < -0.4 is 0 Å². The molecule has 2 nitrogen and oxygen atoms in total. The predicted molar refractivity (Wildman–Crippen MR) is 76.4 cm³/mol. The second-order valence-electron chi connectivity index (χ2n) is 5.00. The largest absolute Gasteiger partial charge is 0.376 e. The van der Waals surface area contributed by atoms with Gasteiger partial charge in [0.05, 0.1) is 24.9 Å². The highest BCUT2D eigenvalue weighted by molar-refractivity contribution is 14.1. The Morgan fingerprint density at radius 2 is 1.69 bits per heavy atom. The lowest BCUT2D eigenvalue weighted by atomic mass is 9.97. The third-order valence-electron chi connectivity index (χ3n) is 3.20. The van der Waals surface area contributed by atoms with Crippen molar-refractivity contribution >= 4 is 22.6 Å². The van der Waals surface area contributed by atoms with E-state index in [1.807, 2.05) is 0 Å². The second-order valence-corrected chi connectivity index (χ2v) is 5.76. The normalized spacial score (nSPS) is 21.0. The van der Waals surface area contributed by atoms with Crippen LogP contribution in [0, 0.1) is 0 Å². The number of ether oxygens (including phenoxy) is 2. The topological polar surface area (TPSA) is 18.5 Å². The van der Waals surface area contributed by atoms with Crippen LogP contribution in [-0.2, 0) is 9.47 Å². The summed E-state index contributed by atoms with van der Waals surface area (Å²) in [6.07, 6.45) is 8.19. The van der Waals surface area contributed by atoms with E-state index >= 15 is 0 Å². The fourth-order valence-corrected chi connectivity index (χ4v) is 3.21. The first-order valence-corrected chi connectivity index (χ1v) is 8.03. The molecule has 0 atom stereocenters. The van der Waals surface area contributed by atoms with Crippen LogP contribution in [0.25, 0.3) is 0 Å². The fourth-order valence-electron chi connectivity index (χ4n) is 2.23. The maximum Gasteiger partial charge on any atom is 0.0772 e. The van der Waals surface area contributed by atoms with Gasteiger partial charge in [0.25, 0.3) is 0 Å². The first-order chi connectivity index (χ1) is 7.68. The van der Waals surface area contributed by atoms with Gasteiger partial charge in [0.1, 0.15) is 0 Å². The van der Waals surface area contributed by atoms with Crippen molar-refractivity contribution in [3.05, 3.63) is 0 Å². The van der Waals surface area contributed by atoms with Crippen molar-refractivity contribution in [3.63, 3.8) is 0 Å². The summed E-state index contributed by atoms with van der Waals surface area (Å²) < 4.78 is 12.8. The molecular weight excluding hydrogens is 315 g/mol. The van der Waals surface area contributed by atoms with E-state index in [-0.39, 0.29) is 5.60 Å². The van der Waals surface area contributed by atoms with Gasteiger partial charge in [-0.3, -0.25) is 0 Å². The summed E-state index contributed by atoms with van der Waals surface area (Å²) in [5.74, 6) is 0. The van der Waals surface area contributed by atoms with Gasteiger partial charge in [0, 0.05) is 4.43 Å². The molecule has 0 aliphatic heterocycles. The van der Waals surface area contributed by atoms with Crippen LogP contribution >= 0.6 is 22.6 Å². The highest BCUT2D eigenvalue weighted by Crippen LogP contribution is 2.32. The molecule has 1 aliphatic rings. The van der Waals surface area contributed by atoms with Crippen molar-refractivity contribution in [2.75, 3.05) is 17.6 Å². The summed E-state index contributed by atoms with van der Waals surface area (Å²) in [6.45, 7) is 5.62.